The first-order valence-electron chi connectivity index (χ1n) is 9.15. The summed E-state index contributed by atoms with van der Waals surface area (Å²) in [7, 11) is 0. The third kappa shape index (κ3) is 3.43. The zero-order valence-corrected chi connectivity index (χ0v) is 16.0. The Labute approximate surface area is 165 Å². The van der Waals surface area contributed by atoms with Crippen LogP contribution in [0.3, 0.4) is 0 Å². The third-order valence-corrected chi connectivity index (χ3v) is 5.96. The molecule has 28 heavy (non-hydrogen) atoms. The molecule has 1 saturated heterocycles. The molecule has 1 aliphatic rings. The van der Waals surface area contributed by atoms with Crippen LogP contribution in [0.4, 0.5) is 0 Å². The van der Waals surface area contributed by atoms with Crippen LogP contribution in [0.15, 0.2) is 46.6 Å². The number of fused-ring (bicyclic) bond motifs is 1. The molecule has 2 N–H and O–H groups in total. The van der Waals surface area contributed by atoms with Crippen molar-refractivity contribution in [2.45, 2.75) is 19.4 Å². The highest BCUT2D eigenvalue weighted by Gasteiger charge is 2.27. The van der Waals surface area contributed by atoms with Crippen molar-refractivity contribution in [2.24, 2.45) is 11.7 Å². The lowest BCUT2D eigenvalue weighted by Crippen LogP contribution is -2.46. The van der Waals surface area contributed by atoms with Crippen LogP contribution in [0.1, 0.15) is 12.8 Å². The minimum Gasteiger partial charge on any atom is -0.369 e. The monoisotopic (exact) mass is 396 g/mol. The predicted octanol–water partition coefficient (Wildman–Crippen LogP) is 1.85. The smallest absolute Gasteiger partial charge is 0.275 e. The molecule has 0 aliphatic carbocycles. The number of aromatic nitrogens is 2. The van der Waals surface area contributed by atoms with Gasteiger partial charge in [-0.15, -0.1) is 11.3 Å². The molecule has 0 radical (unpaired) electrons. The molecule has 0 saturated carbocycles. The van der Waals surface area contributed by atoms with Crippen molar-refractivity contribution >= 4 is 33.9 Å². The average molecular weight is 396 g/mol. The maximum Gasteiger partial charge on any atom is 0.275 e. The maximum atomic E-state index is 12.9. The summed E-state index contributed by atoms with van der Waals surface area (Å²) >= 11 is 1.53. The highest BCUT2D eigenvalue weighted by atomic mass is 32.1. The van der Waals surface area contributed by atoms with Crippen molar-refractivity contribution in [3.05, 3.63) is 52.1 Å². The fraction of sp³-hybridized carbons (Fsp3) is 0.300. The molecule has 1 aliphatic heterocycles. The molecule has 1 aromatic carbocycles. The number of piperidine rings is 1. The van der Waals surface area contributed by atoms with E-state index in [4.69, 9.17) is 5.73 Å². The topological polar surface area (TPSA) is 98.3 Å². The molecular weight excluding hydrogens is 376 g/mol. The van der Waals surface area contributed by atoms with Crippen LogP contribution in [0.5, 0.6) is 0 Å². The van der Waals surface area contributed by atoms with Gasteiger partial charge in [0.25, 0.3) is 5.56 Å². The van der Waals surface area contributed by atoms with Crippen molar-refractivity contribution in [1.29, 1.82) is 0 Å². The summed E-state index contributed by atoms with van der Waals surface area (Å²) in [4.78, 5) is 39.7. The molecule has 2 amide bonds. The van der Waals surface area contributed by atoms with Gasteiger partial charge in [0, 0.05) is 18.5 Å². The number of likely N-dealkylation sites (tertiary alicyclic amines) is 1. The van der Waals surface area contributed by atoms with Gasteiger partial charge in [-0.2, -0.15) is 5.10 Å². The van der Waals surface area contributed by atoms with Crippen LogP contribution in [0, 0.1) is 5.92 Å². The Kier molecular flexibility index (Phi) is 4.95. The average Bonchev–Trinajstić information content (AvgIpc) is 3.25. The minimum absolute atomic E-state index is 0.159. The lowest BCUT2D eigenvalue weighted by Gasteiger charge is -2.31. The Morgan fingerprint density at radius 3 is 2.68 bits per heavy atom. The highest BCUT2D eigenvalue weighted by Crippen LogP contribution is 2.28. The van der Waals surface area contributed by atoms with Crippen LogP contribution in [0.2, 0.25) is 0 Å². The summed E-state index contributed by atoms with van der Waals surface area (Å²) in [5, 5.41) is 7.75. The highest BCUT2D eigenvalue weighted by molar-refractivity contribution is 7.13. The molecule has 1 atom stereocenters. The number of rotatable bonds is 4. The molecule has 144 valence electrons. The second-order valence-electron chi connectivity index (χ2n) is 6.92. The number of hydrogen-bond donors (Lipinski definition) is 1. The van der Waals surface area contributed by atoms with E-state index in [1.54, 1.807) is 17.0 Å². The van der Waals surface area contributed by atoms with E-state index in [-0.39, 0.29) is 23.9 Å². The number of hydrogen-bond acceptors (Lipinski definition) is 5. The van der Waals surface area contributed by atoms with Crippen LogP contribution >= 0.6 is 11.3 Å². The number of amides is 2. The molecular formula is C20H20N4O3S. The van der Waals surface area contributed by atoms with Crippen molar-refractivity contribution in [3.63, 3.8) is 0 Å². The summed E-state index contributed by atoms with van der Waals surface area (Å²) in [5.41, 5.74) is 5.79. The van der Waals surface area contributed by atoms with Crippen LogP contribution in [0.25, 0.3) is 21.3 Å². The molecule has 4 rings (SSSR count). The number of benzene rings is 1. The molecule has 1 fully saturated rings. The molecule has 2 aromatic heterocycles. The number of carbonyl (C=O) groups is 2. The Hall–Kier alpha value is -3.00. The summed E-state index contributed by atoms with van der Waals surface area (Å²) < 4.78 is 1.23. The van der Waals surface area contributed by atoms with Gasteiger partial charge in [-0.25, -0.2) is 4.68 Å². The fourth-order valence-corrected chi connectivity index (χ4v) is 4.32. The first-order chi connectivity index (χ1) is 13.5. The predicted molar refractivity (Wildman–Crippen MR) is 108 cm³/mol. The van der Waals surface area contributed by atoms with E-state index >= 15 is 0 Å². The van der Waals surface area contributed by atoms with Gasteiger partial charge in [-0.1, -0.05) is 24.3 Å². The number of nitrogens with two attached hydrogens (primary N) is 1. The van der Waals surface area contributed by atoms with E-state index < -0.39 is 5.91 Å². The van der Waals surface area contributed by atoms with Gasteiger partial charge < -0.3 is 10.6 Å². The lowest BCUT2D eigenvalue weighted by atomic mass is 9.97. The molecule has 1 unspecified atom stereocenters. The van der Waals surface area contributed by atoms with E-state index in [2.05, 4.69) is 5.10 Å². The summed E-state index contributed by atoms with van der Waals surface area (Å²) in [5.74, 6) is -0.952. The second kappa shape index (κ2) is 7.55. The Bertz CT molecular complexity index is 1090. The minimum atomic E-state index is -0.390. The standard InChI is InChI=1S/C20H20N4O3S/c21-19(26)13-5-3-9-23(11-13)17(25)12-24-20(27)15-7-2-1-6-14(15)18(22-24)16-8-4-10-28-16/h1-2,4,6-8,10,13H,3,5,9,11-12H2,(H2,21,26). The summed E-state index contributed by atoms with van der Waals surface area (Å²) in [6, 6.07) is 11.2. The Morgan fingerprint density at radius 2 is 1.96 bits per heavy atom. The van der Waals surface area contributed by atoms with Gasteiger partial charge in [0.2, 0.25) is 11.8 Å². The molecule has 7 nitrogen and oxygen atoms in total. The number of primary amides is 1. The Balaban J connectivity index is 1.69. The number of carbonyl (C=O) groups excluding carboxylic acids is 2. The second-order valence-corrected chi connectivity index (χ2v) is 7.86. The van der Waals surface area contributed by atoms with Crippen molar-refractivity contribution in [3.8, 4) is 10.6 Å². The third-order valence-electron chi connectivity index (χ3n) is 5.08. The van der Waals surface area contributed by atoms with E-state index in [1.807, 2.05) is 29.6 Å². The molecule has 8 heteroatoms. The quantitative estimate of drug-likeness (QED) is 0.728. The van der Waals surface area contributed by atoms with Gasteiger partial charge in [-0.3, -0.25) is 14.4 Å². The summed E-state index contributed by atoms with van der Waals surface area (Å²) in [6.07, 6.45) is 1.41. The first kappa shape index (κ1) is 18.4. The van der Waals surface area contributed by atoms with Crippen LogP contribution in [-0.4, -0.2) is 39.6 Å². The van der Waals surface area contributed by atoms with Gasteiger partial charge in [0.15, 0.2) is 0 Å². The van der Waals surface area contributed by atoms with Gasteiger partial charge in [0.05, 0.1) is 16.2 Å². The van der Waals surface area contributed by atoms with E-state index in [0.29, 0.717) is 30.6 Å². The van der Waals surface area contributed by atoms with Gasteiger partial charge in [-0.05, 0) is 30.4 Å². The Morgan fingerprint density at radius 1 is 1.18 bits per heavy atom. The molecule has 3 heterocycles. The molecule has 0 bridgehead atoms. The summed E-state index contributed by atoms with van der Waals surface area (Å²) in [6.45, 7) is 0.699. The van der Waals surface area contributed by atoms with E-state index in [0.717, 1.165) is 16.7 Å². The van der Waals surface area contributed by atoms with Crippen molar-refractivity contribution in [2.75, 3.05) is 13.1 Å². The normalized spacial score (nSPS) is 17.0. The van der Waals surface area contributed by atoms with Crippen molar-refractivity contribution in [1.82, 2.24) is 14.7 Å². The van der Waals surface area contributed by atoms with Crippen molar-refractivity contribution < 1.29 is 9.59 Å². The lowest BCUT2D eigenvalue weighted by molar-refractivity contribution is -0.135. The molecule has 3 aromatic rings. The number of thiophene rings is 1. The molecule has 0 spiro atoms. The SMILES string of the molecule is NC(=O)C1CCCN(C(=O)Cn2nc(-c3cccs3)c3ccccc3c2=O)C1. The largest absolute Gasteiger partial charge is 0.369 e. The van der Waals surface area contributed by atoms with Crippen LogP contribution in [-0.2, 0) is 16.1 Å². The zero-order valence-electron chi connectivity index (χ0n) is 15.2. The zero-order chi connectivity index (χ0) is 19.7. The fourth-order valence-electron chi connectivity index (χ4n) is 3.60. The van der Waals surface area contributed by atoms with E-state index in [9.17, 15) is 14.4 Å². The maximum absolute atomic E-state index is 12.9. The number of nitrogens with zero attached hydrogens (tertiary/aromatic N) is 3. The van der Waals surface area contributed by atoms with Gasteiger partial charge >= 0.3 is 0 Å². The first-order valence-corrected chi connectivity index (χ1v) is 10.0. The van der Waals surface area contributed by atoms with Crippen LogP contribution < -0.4 is 11.3 Å². The van der Waals surface area contributed by atoms with Gasteiger partial charge in [0.1, 0.15) is 12.2 Å². The van der Waals surface area contributed by atoms with E-state index in [1.165, 1.54) is 16.0 Å².